The first kappa shape index (κ1) is 17.4. The second-order valence-electron chi connectivity index (χ2n) is 7.11. The fourth-order valence-electron chi connectivity index (χ4n) is 3.76. The third-order valence-electron chi connectivity index (χ3n) is 5.05. The summed E-state index contributed by atoms with van der Waals surface area (Å²) in [5.41, 5.74) is 6.09. The minimum atomic E-state index is -0.0161. The number of rotatable bonds is 3. The van der Waals surface area contributed by atoms with Crippen LogP contribution in [0, 0.1) is 20.8 Å². The largest absolute Gasteiger partial charge is 0.310 e. The SMILES string of the molecule is CCc1ccc([C@H]2CC(=O)Nc3c2c(C)nn3-c2nc(C)cc(C)n2)cc1. The van der Waals surface area contributed by atoms with Gasteiger partial charge in [0.2, 0.25) is 5.91 Å². The van der Waals surface area contributed by atoms with Crippen LogP contribution in [-0.4, -0.2) is 25.7 Å². The summed E-state index contributed by atoms with van der Waals surface area (Å²) >= 11 is 0. The van der Waals surface area contributed by atoms with Gasteiger partial charge in [0.15, 0.2) is 0 Å². The number of benzene rings is 1. The molecule has 0 saturated carbocycles. The highest BCUT2D eigenvalue weighted by molar-refractivity contribution is 5.95. The lowest BCUT2D eigenvalue weighted by Crippen LogP contribution is -2.25. The van der Waals surface area contributed by atoms with Crippen molar-refractivity contribution in [1.29, 1.82) is 0 Å². The Kier molecular flexibility index (Phi) is 4.26. The van der Waals surface area contributed by atoms with E-state index in [-0.39, 0.29) is 11.8 Å². The fraction of sp³-hybridized carbons (Fsp3) is 0.333. The number of nitrogens with one attached hydrogen (secondary N) is 1. The van der Waals surface area contributed by atoms with Crippen LogP contribution in [0.25, 0.3) is 5.95 Å². The molecule has 6 heteroatoms. The van der Waals surface area contributed by atoms with Gasteiger partial charge in [-0.05, 0) is 44.4 Å². The molecule has 1 aliphatic rings. The van der Waals surface area contributed by atoms with Gasteiger partial charge >= 0.3 is 0 Å². The number of carbonyl (C=O) groups excluding carboxylic acids is 1. The third-order valence-corrected chi connectivity index (χ3v) is 5.05. The van der Waals surface area contributed by atoms with Crippen LogP contribution in [0.15, 0.2) is 30.3 Å². The molecule has 0 radical (unpaired) electrons. The van der Waals surface area contributed by atoms with Crippen LogP contribution in [0.5, 0.6) is 0 Å². The molecule has 1 aliphatic heterocycles. The third kappa shape index (κ3) is 3.12. The summed E-state index contributed by atoms with van der Waals surface area (Å²) in [5.74, 6) is 1.13. The highest BCUT2D eigenvalue weighted by Crippen LogP contribution is 2.39. The molecule has 3 aromatic rings. The second kappa shape index (κ2) is 6.61. The predicted molar refractivity (Wildman–Crippen MR) is 104 cm³/mol. The number of anilines is 1. The number of hydrogen-bond donors (Lipinski definition) is 1. The van der Waals surface area contributed by atoms with E-state index in [0.29, 0.717) is 18.2 Å². The number of nitrogens with zero attached hydrogens (tertiary/aromatic N) is 4. The van der Waals surface area contributed by atoms with Gasteiger partial charge in [-0.2, -0.15) is 9.78 Å². The van der Waals surface area contributed by atoms with Gasteiger partial charge in [0.05, 0.1) is 5.69 Å². The first-order valence-corrected chi connectivity index (χ1v) is 9.27. The van der Waals surface area contributed by atoms with Crippen molar-refractivity contribution in [2.24, 2.45) is 0 Å². The van der Waals surface area contributed by atoms with Gasteiger partial charge in [0.25, 0.3) is 5.95 Å². The predicted octanol–water partition coefficient (Wildman–Crippen LogP) is 3.62. The molecule has 0 bridgehead atoms. The molecule has 0 aliphatic carbocycles. The van der Waals surface area contributed by atoms with Crippen molar-refractivity contribution in [2.45, 2.75) is 46.5 Å². The zero-order valence-corrected chi connectivity index (χ0v) is 16.1. The van der Waals surface area contributed by atoms with Crippen LogP contribution in [0.3, 0.4) is 0 Å². The lowest BCUT2D eigenvalue weighted by molar-refractivity contribution is -0.116. The quantitative estimate of drug-likeness (QED) is 0.773. The zero-order chi connectivity index (χ0) is 19.1. The number of aryl methyl sites for hydroxylation is 4. The van der Waals surface area contributed by atoms with Gasteiger partial charge in [-0.25, -0.2) is 9.97 Å². The summed E-state index contributed by atoms with van der Waals surface area (Å²) in [6.07, 6.45) is 1.41. The van der Waals surface area contributed by atoms with Crippen LogP contribution in [-0.2, 0) is 11.2 Å². The van der Waals surface area contributed by atoms with Gasteiger partial charge in [0.1, 0.15) is 5.82 Å². The first-order valence-electron chi connectivity index (χ1n) is 9.27. The van der Waals surface area contributed by atoms with Crippen molar-refractivity contribution < 1.29 is 4.79 Å². The average Bonchev–Trinajstić information content (AvgIpc) is 2.97. The Labute approximate surface area is 158 Å². The van der Waals surface area contributed by atoms with E-state index in [2.05, 4.69) is 51.6 Å². The molecule has 3 heterocycles. The molecule has 138 valence electrons. The van der Waals surface area contributed by atoms with Gasteiger partial charge in [0, 0.05) is 29.3 Å². The topological polar surface area (TPSA) is 72.7 Å². The highest BCUT2D eigenvalue weighted by atomic mass is 16.1. The van der Waals surface area contributed by atoms with Gasteiger partial charge in [-0.15, -0.1) is 0 Å². The summed E-state index contributed by atoms with van der Waals surface area (Å²) in [6, 6.07) is 10.4. The molecule has 0 unspecified atom stereocenters. The van der Waals surface area contributed by atoms with Crippen molar-refractivity contribution >= 4 is 11.7 Å². The molecule has 0 saturated heterocycles. The van der Waals surface area contributed by atoms with E-state index in [1.165, 1.54) is 5.56 Å². The summed E-state index contributed by atoms with van der Waals surface area (Å²) in [5, 5.41) is 7.66. The maximum absolute atomic E-state index is 12.5. The molecule has 2 aromatic heterocycles. The number of amides is 1. The molecule has 6 nitrogen and oxygen atoms in total. The Hall–Kier alpha value is -3.02. The van der Waals surface area contributed by atoms with Crippen molar-refractivity contribution in [3.05, 3.63) is 64.1 Å². The van der Waals surface area contributed by atoms with Crippen LogP contribution < -0.4 is 5.32 Å². The molecule has 27 heavy (non-hydrogen) atoms. The monoisotopic (exact) mass is 361 g/mol. The Bertz CT molecular complexity index is 1000. The number of fused-ring (bicyclic) bond motifs is 1. The number of hydrogen-bond acceptors (Lipinski definition) is 4. The van der Waals surface area contributed by atoms with Gasteiger partial charge < -0.3 is 5.32 Å². The van der Waals surface area contributed by atoms with E-state index in [0.717, 1.165) is 34.6 Å². The lowest BCUT2D eigenvalue weighted by Gasteiger charge is -2.24. The van der Waals surface area contributed by atoms with E-state index >= 15 is 0 Å². The molecule has 0 fully saturated rings. The minimum absolute atomic E-state index is 0.0145. The fourth-order valence-corrected chi connectivity index (χ4v) is 3.76. The molecule has 1 atom stereocenters. The van der Waals surface area contributed by atoms with Crippen LogP contribution >= 0.6 is 0 Å². The van der Waals surface area contributed by atoms with Crippen molar-refractivity contribution in [2.75, 3.05) is 5.32 Å². The van der Waals surface area contributed by atoms with E-state index in [9.17, 15) is 4.79 Å². The smallest absolute Gasteiger partial charge is 0.252 e. The molecular formula is C21H23N5O. The Morgan fingerprint density at radius 2 is 1.78 bits per heavy atom. The molecule has 0 spiro atoms. The van der Waals surface area contributed by atoms with Gasteiger partial charge in [-0.3, -0.25) is 4.79 Å². The standard InChI is InChI=1S/C21H23N5O/c1-5-15-6-8-16(9-7-15)17-11-18(27)24-20-19(17)14(4)25-26(20)21-22-12(2)10-13(3)23-21/h6-10,17H,5,11H2,1-4H3,(H,24,27)/t17-/m1/s1. The molecule has 4 rings (SSSR count). The second-order valence-corrected chi connectivity index (χ2v) is 7.11. The van der Waals surface area contributed by atoms with E-state index in [1.807, 2.05) is 26.8 Å². The van der Waals surface area contributed by atoms with E-state index < -0.39 is 0 Å². The van der Waals surface area contributed by atoms with Crippen LogP contribution in [0.4, 0.5) is 5.82 Å². The summed E-state index contributed by atoms with van der Waals surface area (Å²) in [4.78, 5) is 21.5. The lowest BCUT2D eigenvalue weighted by atomic mass is 9.85. The average molecular weight is 361 g/mol. The first-order chi connectivity index (χ1) is 13.0. The maximum atomic E-state index is 12.5. The Balaban J connectivity index is 1.85. The summed E-state index contributed by atoms with van der Waals surface area (Å²) in [7, 11) is 0. The summed E-state index contributed by atoms with van der Waals surface area (Å²) in [6.45, 7) is 7.97. The minimum Gasteiger partial charge on any atom is -0.310 e. The molecule has 1 N–H and O–H groups in total. The normalized spacial score (nSPS) is 16.1. The Morgan fingerprint density at radius 3 is 2.41 bits per heavy atom. The van der Waals surface area contributed by atoms with Crippen LogP contribution in [0.1, 0.15) is 53.0 Å². The van der Waals surface area contributed by atoms with E-state index in [4.69, 9.17) is 0 Å². The highest BCUT2D eigenvalue weighted by Gasteiger charge is 2.33. The van der Waals surface area contributed by atoms with Crippen molar-refractivity contribution in [3.63, 3.8) is 0 Å². The van der Waals surface area contributed by atoms with Crippen LogP contribution in [0.2, 0.25) is 0 Å². The Morgan fingerprint density at radius 1 is 1.11 bits per heavy atom. The zero-order valence-electron chi connectivity index (χ0n) is 16.1. The molecule has 1 amide bonds. The number of carbonyl (C=O) groups is 1. The van der Waals surface area contributed by atoms with Gasteiger partial charge in [-0.1, -0.05) is 31.2 Å². The van der Waals surface area contributed by atoms with E-state index in [1.54, 1.807) is 4.68 Å². The molecule has 1 aromatic carbocycles. The number of aromatic nitrogens is 4. The molecular weight excluding hydrogens is 338 g/mol. The maximum Gasteiger partial charge on any atom is 0.252 e. The summed E-state index contributed by atoms with van der Waals surface area (Å²) < 4.78 is 1.66. The van der Waals surface area contributed by atoms with Crippen molar-refractivity contribution in [3.8, 4) is 5.95 Å². The van der Waals surface area contributed by atoms with Crippen molar-refractivity contribution in [1.82, 2.24) is 19.7 Å².